The van der Waals surface area contributed by atoms with Crippen molar-refractivity contribution in [3.63, 3.8) is 0 Å². The normalized spacial score (nSPS) is 21.8. The van der Waals surface area contributed by atoms with E-state index < -0.39 is 18.0 Å². The van der Waals surface area contributed by atoms with Crippen LogP contribution in [0.15, 0.2) is 30.3 Å². The number of hydrogen-bond acceptors (Lipinski definition) is 4. The van der Waals surface area contributed by atoms with E-state index in [1.165, 1.54) is 4.90 Å². The first-order valence-electron chi connectivity index (χ1n) is 10.4. The van der Waals surface area contributed by atoms with Gasteiger partial charge in [-0.25, -0.2) is 4.79 Å². The van der Waals surface area contributed by atoms with Crippen molar-refractivity contribution in [1.29, 1.82) is 0 Å². The first-order chi connectivity index (χ1) is 14.4. The Balaban J connectivity index is 1.76. The van der Waals surface area contributed by atoms with Crippen LogP contribution < -0.4 is 16.0 Å². The summed E-state index contributed by atoms with van der Waals surface area (Å²) in [5.74, 6) is -0.838. The third-order valence-electron chi connectivity index (χ3n) is 5.27. The molecule has 2 saturated heterocycles. The molecule has 0 radical (unpaired) electrons. The Bertz CT molecular complexity index is 798. The first-order valence-corrected chi connectivity index (χ1v) is 10.4. The lowest BCUT2D eigenvalue weighted by molar-refractivity contribution is -0.133. The van der Waals surface area contributed by atoms with Crippen LogP contribution >= 0.6 is 0 Å². The number of piperidine rings is 1. The van der Waals surface area contributed by atoms with Gasteiger partial charge in [-0.05, 0) is 38.8 Å². The molecule has 2 heterocycles. The number of hydrogen-bond donors (Lipinski definition) is 3. The fourth-order valence-corrected chi connectivity index (χ4v) is 3.71. The molecule has 30 heavy (non-hydrogen) atoms. The number of benzene rings is 1. The lowest BCUT2D eigenvalue weighted by Gasteiger charge is -2.41. The Labute approximate surface area is 176 Å². The van der Waals surface area contributed by atoms with Gasteiger partial charge in [0.2, 0.25) is 11.8 Å². The van der Waals surface area contributed by atoms with E-state index in [-0.39, 0.29) is 37.0 Å². The lowest BCUT2D eigenvalue weighted by Crippen LogP contribution is -2.65. The molecule has 2 unspecified atom stereocenters. The van der Waals surface area contributed by atoms with Gasteiger partial charge in [-0.15, -0.1) is 0 Å². The lowest BCUT2D eigenvalue weighted by atomic mass is 10.0. The van der Waals surface area contributed by atoms with Gasteiger partial charge in [-0.3, -0.25) is 14.4 Å². The molecule has 2 aliphatic heterocycles. The monoisotopic (exact) mass is 415 g/mol. The van der Waals surface area contributed by atoms with Crippen molar-refractivity contribution in [2.75, 3.05) is 26.2 Å². The second-order valence-corrected chi connectivity index (χ2v) is 7.93. The maximum Gasteiger partial charge on any atom is 0.318 e. The van der Waals surface area contributed by atoms with Crippen molar-refractivity contribution in [2.45, 2.75) is 44.8 Å². The molecule has 162 valence electrons. The van der Waals surface area contributed by atoms with Gasteiger partial charge in [0.25, 0.3) is 5.91 Å². The smallest absolute Gasteiger partial charge is 0.318 e. The molecule has 9 heteroatoms. The summed E-state index contributed by atoms with van der Waals surface area (Å²) in [6.07, 6.45) is 1.33. The number of amides is 5. The molecular weight excluding hydrogens is 386 g/mol. The predicted molar refractivity (Wildman–Crippen MR) is 111 cm³/mol. The fourth-order valence-electron chi connectivity index (χ4n) is 3.71. The summed E-state index contributed by atoms with van der Waals surface area (Å²) in [6, 6.07) is 6.90. The molecule has 9 nitrogen and oxygen atoms in total. The predicted octanol–water partition coefficient (Wildman–Crippen LogP) is 0.326. The zero-order chi connectivity index (χ0) is 21.7. The summed E-state index contributed by atoms with van der Waals surface area (Å²) in [4.78, 5) is 53.7. The second kappa shape index (κ2) is 9.60. The van der Waals surface area contributed by atoms with Gasteiger partial charge in [0.15, 0.2) is 0 Å². The Morgan fingerprint density at radius 2 is 1.87 bits per heavy atom. The van der Waals surface area contributed by atoms with E-state index in [1.807, 2.05) is 19.9 Å². The van der Waals surface area contributed by atoms with Crippen LogP contribution in [0, 0.1) is 0 Å². The average Bonchev–Trinajstić information content (AvgIpc) is 2.74. The Kier molecular flexibility index (Phi) is 6.91. The van der Waals surface area contributed by atoms with Crippen LogP contribution in [0.5, 0.6) is 0 Å². The zero-order valence-corrected chi connectivity index (χ0v) is 17.4. The number of urea groups is 1. The zero-order valence-electron chi connectivity index (χ0n) is 17.4. The summed E-state index contributed by atoms with van der Waals surface area (Å²) >= 11 is 0. The third-order valence-corrected chi connectivity index (χ3v) is 5.27. The molecule has 0 aliphatic carbocycles. The highest BCUT2D eigenvalue weighted by atomic mass is 16.2. The van der Waals surface area contributed by atoms with Crippen LogP contribution in [0.4, 0.5) is 4.79 Å². The second-order valence-electron chi connectivity index (χ2n) is 7.93. The molecular formula is C21H29N5O4. The molecule has 2 aliphatic rings. The standard InChI is InChI=1S/C21H29N5O4/c1-14(2)23-21(30)26-12-11-25(20(29)15-7-4-3-5-8-15)13-17(26)19(28)24-16-9-6-10-22-18(16)27/h3-5,7-8,14,16-17H,6,9-13H2,1-2H3,(H,22,27)(H,23,30)(H,24,28). The topological polar surface area (TPSA) is 111 Å². The minimum Gasteiger partial charge on any atom is -0.354 e. The molecule has 1 aromatic carbocycles. The number of nitrogens with zero attached hydrogens (tertiary/aromatic N) is 2. The van der Waals surface area contributed by atoms with Crippen LogP contribution in [0.3, 0.4) is 0 Å². The van der Waals surface area contributed by atoms with Crippen LogP contribution in [0.25, 0.3) is 0 Å². The fraction of sp³-hybridized carbons (Fsp3) is 0.524. The van der Waals surface area contributed by atoms with Crippen molar-refractivity contribution in [3.05, 3.63) is 35.9 Å². The SMILES string of the molecule is CC(C)NC(=O)N1CCN(C(=O)c2ccccc2)CC1C(=O)NC1CCCNC1=O. The van der Waals surface area contributed by atoms with Gasteiger partial charge < -0.3 is 25.8 Å². The average molecular weight is 415 g/mol. The van der Waals surface area contributed by atoms with Gasteiger partial charge in [-0.2, -0.15) is 0 Å². The molecule has 0 spiro atoms. The number of piperazine rings is 1. The third kappa shape index (κ3) is 5.08. The molecule has 3 N–H and O–H groups in total. The van der Waals surface area contributed by atoms with Gasteiger partial charge in [-0.1, -0.05) is 18.2 Å². The first kappa shape index (κ1) is 21.6. The van der Waals surface area contributed by atoms with Gasteiger partial charge in [0.05, 0.1) is 6.54 Å². The molecule has 1 aromatic rings. The Morgan fingerprint density at radius 3 is 2.53 bits per heavy atom. The van der Waals surface area contributed by atoms with Gasteiger partial charge >= 0.3 is 6.03 Å². The Hall–Kier alpha value is -3.10. The minimum atomic E-state index is -0.875. The van der Waals surface area contributed by atoms with E-state index in [9.17, 15) is 19.2 Å². The van der Waals surface area contributed by atoms with E-state index in [0.717, 1.165) is 6.42 Å². The van der Waals surface area contributed by atoms with Crippen LogP contribution in [-0.2, 0) is 9.59 Å². The highest BCUT2D eigenvalue weighted by Gasteiger charge is 2.39. The summed E-state index contributed by atoms with van der Waals surface area (Å²) in [5.41, 5.74) is 0.531. The minimum absolute atomic E-state index is 0.0689. The van der Waals surface area contributed by atoms with Gasteiger partial charge in [0.1, 0.15) is 12.1 Å². The van der Waals surface area contributed by atoms with E-state index in [4.69, 9.17) is 0 Å². The van der Waals surface area contributed by atoms with E-state index in [2.05, 4.69) is 16.0 Å². The largest absolute Gasteiger partial charge is 0.354 e. The molecule has 2 atom stereocenters. The van der Waals surface area contributed by atoms with Crippen LogP contribution in [0.2, 0.25) is 0 Å². The summed E-state index contributed by atoms with van der Waals surface area (Å²) in [7, 11) is 0. The number of rotatable bonds is 4. The molecule has 0 saturated carbocycles. The van der Waals surface area contributed by atoms with Gasteiger partial charge in [0, 0.05) is 31.2 Å². The maximum absolute atomic E-state index is 13.1. The number of carbonyl (C=O) groups excluding carboxylic acids is 4. The number of nitrogens with one attached hydrogen (secondary N) is 3. The summed E-state index contributed by atoms with van der Waals surface area (Å²) < 4.78 is 0. The van der Waals surface area contributed by atoms with Crippen molar-refractivity contribution < 1.29 is 19.2 Å². The van der Waals surface area contributed by atoms with Crippen molar-refractivity contribution in [2.24, 2.45) is 0 Å². The number of carbonyl (C=O) groups is 4. The molecule has 2 fully saturated rings. The molecule has 0 aromatic heterocycles. The van der Waals surface area contributed by atoms with E-state index >= 15 is 0 Å². The van der Waals surface area contributed by atoms with Crippen LogP contribution in [0.1, 0.15) is 37.0 Å². The Morgan fingerprint density at radius 1 is 1.13 bits per heavy atom. The van der Waals surface area contributed by atoms with E-state index in [0.29, 0.717) is 25.1 Å². The van der Waals surface area contributed by atoms with Crippen LogP contribution in [-0.4, -0.2) is 77.9 Å². The van der Waals surface area contributed by atoms with E-state index in [1.54, 1.807) is 29.2 Å². The molecule has 5 amide bonds. The summed E-state index contributed by atoms with van der Waals surface area (Å²) in [5, 5.41) is 8.31. The van der Waals surface area contributed by atoms with Crippen molar-refractivity contribution >= 4 is 23.8 Å². The molecule has 0 bridgehead atoms. The highest BCUT2D eigenvalue weighted by molar-refractivity contribution is 5.96. The molecule has 3 rings (SSSR count). The van der Waals surface area contributed by atoms with Crippen molar-refractivity contribution in [1.82, 2.24) is 25.8 Å². The maximum atomic E-state index is 13.1. The van der Waals surface area contributed by atoms with Crippen molar-refractivity contribution in [3.8, 4) is 0 Å². The summed E-state index contributed by atoms with van der Waals surface area (Å²) in [6.45, 7) is 4.90. The highest BCUT2D eigenvalue weighted by Crippen LogP contribution is 2.15. The quantitative estimate of drug-likeness (QED) is 0.658.